The minimum absolute atomic E-state index is 0.0546. The molecule has 12 nitrogen and oxygen atoms in total. The molecule has 5 rings (SSSR count). The predicted molar refractivity (Wildman–Crippen MR) is 155 cm³/mol. The highest BCUT2D eigenvalue weighted by molar-refractivity contribution is 5.88. The van der Waals surface area contributed by atoms with E-state index in [1.165, 1.54) is 7.11 Å². The molecule has 5 aromatic rings. The Morgan fingerprint density at radius 2 is 1.80 bits per heavy atom. The van der Waals surface area contributed by atoms with Crippen molar-refractivity contribution in [1.29, 1.82) is 0 Å². The van der Waals surface area contributed by atoms with Crippen molar-refractivity contribution in [3.05, 3.63) is 91.3 Å². The molecule has 0 aliphatic heterocycles. The Kier molecular flexibility index (Phi) is 8.31. The summed E-state index contributed by atoms with van der Waals surface area (Å²) in [4.78, 5) is 48.9. The zero-order valence-corrected chi connectivity index (χ0v) is 22.4. The van der Waals surface area contributed by atoms with Crippen molar-refractivity contribution in [2.24, 2.45) is 0 Å². The number of pyridine rings is 1. The first-order valence-electron chi connectivity index (χ1n) is 12.7. The number of fused-ring (bicyclic) bond motifs is 1. The molecule has 0 unspecified atom stereocenters. The Morgan fingerprint density at radius 3 is 2.56 bits per heavy atom. The van der Waals surface area contributed by atoms with Crippen molar-refractivity contribution >= 4 is 40.4 Å². The van der Waals surface area contributed by atoms with Gasteiger partial charge in [0.15, 0.2) is 0 Å². The Hall–Kier alpha value is -5.49. The first kappa shape index (κ1) is 27.1. The van der Waals surface area contributed by atoms with Gasteiger partial charge in [-0.05, 0) is 54.6 Å². The first-order chi connectivity index (χ1) is 20.0. The number of H-pyrrole nitrogens is 1. The van der Waals surface area contributed by atoms with Crippen LogP contribution in [0.3, 0.4) is 0 Å². The number of amides is 2. The van der Waals surface area contributed by atoms with Gasteiger partial charge in [0.05, 0.1) is 25.0 Å². The van der Waals surface area contributed by atoms with E-state index in [0.717, 1.165) is 22.3 Å². The van der Waals surface area contributed by atoms with Gasteiger partial charge in [0.2, 0.25) is 5.95 Å². The molecule has 1 atom stereocenters. The lowest BCUT2D eigenvalue weighted by Crippen LogP contribution is -2.52. The number of aromatic amines is 1. The third kappa shape index (κ3) is 6.57. The molecule has 2 amide bonds. The predicted octanol–water partition coefficient (Wildman–Crippen LogP) is 4.03. The van der Waals surface area contributed by atoms with Crippen LogP contribution in [-0.4, -0.2) is 58.7 Å². The van der Waals surface area contributed by atoms with Crippen LogP contribution in [0.5, 0.6) is 5.75 Å². The summed E-state index contributed by atoms with van der Waals surface area (Å²) in [5, 5.41) is 6.39. The molecule has 0 aliphatic rings. The van der Waals surface area contributed by atoms with Crippen LogP contribution in [0, 0.1) is 0 Å². The Labute approximate surface area is 235 Å². The molecular formula is C29H28N8O4. The lowest BCUT2D eigenvalue weighted by atomic mass is 10.2. The topological polar surface area (TPSA) is 146 Å². The van der Waals surface area contributed by atoms with Crippen LogP contribution in [0.15, 0.2) is 91.3 Å². The van der Waals surface area contributed by atoms with Crippen LogP contribution in [0.1, 0.15) is 0 Å². The van der Waals surface area contributed by atoms with Gasteiger partial charge in [0.1, 0.15) is 17.6 Å². The average Bonchev–Trinajstić information content (AvgIpc) is 3.44. The SMILES string of the molecule is CNc1nccc(-c2cc3cc(OC(=O)N[C@@H](CN(c4ccccc4)c4ccccn4)C(=O)NOC)ccc3[nH]2)n1. The van der Waals surface area contributed by atoms with E-state index in [-0.39, 0.29) is 6.54 Å². The molecule has 0 aliphatic carbocycles. The van der Waals surface area contributed by atoms with Gasteiger partial charge in [0, 0.05) is 36.0 Å². The summed E-state index contributed by atoms with van der Waals surface area (Å²) in [6.45, 7) is 0.0546. The van der Waals surface area contributed by atoms with Crippen molar-refractivity contribution in [1.82, 2.24) is 30.7 Å². The molecule has 0 fully saturated rings. The maximum atomic E-state index is 13.0. The third-order valence-electron chi connectivity index (χ3n) is 6.13. The Morgan fingerprint density at radius 1 is 0.976 bits per heavy atom. The highest BCUT2D eigenvalue weighted by Gasteiger charge is 2.26. The lowest BCUT2D eigenvalue weighted by molar-refractivity contribution is -0.133. The molecule has 3 heterocycles. The maximum absolute atomic E-state index is 13.0. The van der Waals surface area contributed by atoms with Gasteiger partial charge >= 0.3 is 6.09 Å². The van der Waals surface area contributed by atoms with Crippen LogP contribution in [0.2, 0.25) is 0 Å². The van der Waals surface area contributed by atoms with Crippen LogP contribution < -0.4 is 25.8 Å². The standard InChI is InChI=1S/C29H28N8O4/c1-30-28-32-15-13-23(34-28)24-17-19-16-21(11-12-22(19)33-24)41-29(39)35-25(27(38)36-40-2)18-37(20-8-4-3-5-9-20)26-10-6-7-14-31-26/h3-17,25,33H,18H2,1-2H3,(H,35,39)(H,36,38)(H,30,32,34)/t25-/m0/s1. The van der Waals surface area contributed by atoms with E-state index in [9.17, 15) is 9.59 Å². The number of carbonyl (C=O) groups is 2. The molecule has 3 aromatic heterocycles. The average molecular weight is 553 g/mol. The second kappa shape index (κ2) is 12.6. The number of para-hydroxylation sites is 1. The summed E-state index contributed by atoms with van der Waals surface area (Å²) in [6.07, 6.45) is 2.52. The van der Waals surface area contributed by atoms with E-state index in [2.05, 4.69) is 36.0 Å². The number of benzene rings is 2. The number of hydrogen-bond acceptors (Lipinski definition) is 9. The van der Waals surface area contributed by atoms with Crippen LogP contribution >= 0.6 is 0 Å². The largest absolute Gasteiger partial charge is 0.413 e. The van der Waals surface area contributed by atoms with Crippen molar-refractivity contribution in [2.75, 3.05) is 30.9 Å². The number of rotatable bonds is 10. The minimum Gasteiger partial charge on any atom is -0.410 e. The number of hydrogen-bond donors (Lipinski definition) is 4. The summed E-state index contributed by atoms with van der Waals surface area (Å²) >= 11 is 0. The summed E-state index contributed by atoms with van der Waals surface area (Å²) < 4.78 is 5.57. The fraction of sp³-hybridized carbons (Fsp3) is 0.138. The fourth-order valence-corrected chi connectivity index (χ4v) is 4.22. The van der Waals surface area contributed by atoms with Crippen LogP contribution in [0.25, 0.3) is 22.3 Å². The number of aromatic nitrogens is 4. The van der Waals surface area contributed by atoms with Crippen molar-refractivity contribution in [3.63, 3.8) is 0 Å². The number of nitrogens with one attached hydrogen (secondary N) is 4. The Bertz CT molecular complexity index is 1590. The van der Waals surface area contributed by atoms with E-state index in [1.54, 1.807) is 49.8 Å². The van der Waals surface area contributed by atoms with Crippen molar-refractivity contribution < 1.29 is 19.2 Å². The van der Waals surface area contributed by atoms with Crippen LogP contribution in [0.4, 0.5) is 22.2 Å². The minimum atomic E-state index is -1.05. The van der Waals surface area contributed by atoms with Gasteiger partial charge in [-0.25, -0.2) is 25.2 Å². The summed E-state index contributed by atoms with van der Waals surface area (Å²) in [5.41, 5.74) is 5.42. The quantitative estimate of drug-likeness (QED) is 0.189. The van der Waals surface area contributed by atoms with Crippen LogP contribution in [-0.2, 0) is 9.63 Å². The lowest BCUT2D eigenvalue weighted by Gasteiger charge is -2.28. The molecule has 12 heteroatoms. The van der Waals surface area contributed by atoms with Gasteiger partial charge in [-0.3, -0.25) is 9.63 Å². The molecule has 0 saturated heterocycles. The highest BCUT2D eigenvalue weighted by atomic mass is 16.6. The summed E-state index contributed by atoms with van der Waals surface area (Å²) in [7, 11) is 3.07. The summed E-state index contributed by atoms with van der Waals surface area (Å²) in [6, 6.07) is 22.7. The second-order valence-corrected chi connectivity index (χ2v) is 8.84. The zero-order valence-electron chi connectivity index (χ0n) is 22.4. The van der Waals surface area contributed by atoms with Gasteiger partial charge in [-0.15, -0.1) is 0 Å². The summed E-state index contributed by atoms with van der Waals surface area (Å²) in [5.74, 6) is 0.846. The smallest absolute Gasteiger partial charge is 0.410 e. The molecule has 41 heavy (non-hydrogen) atoms. The number of hydroxylamine groups is 1. The van der Waals surface area contributed by atoms with E-state index in [4.69, 9.17) is 9.57 Å². The normalized spacial score (nSPS) is 11.5. The van der Waals surface area contributed by atoms with E-state index < -0.39 is 18.0 Å². The zero-order chi connectivity index (χ0) is 28.6. The molecular weight excluding hydrogens is 524 g/mol. The third-order valence-corrected chi connectivity index (χ3v) is 6.13. The van der Waals surface area contributed by atoms with Gasteiger partial charge < -0.3 is 25.3 Å². The molecule has 0 saturated carbocycles. The number of ether oxygens (including phenoxy) is 1. The first-order valence-corrected chi connectivity index (χ1v) is 12.7. The number of nitrogens with zero attached hydrogens (tertiary/aromatic N) is 4. The van der Waals surface area contributed by atoms with Crippen molar-refractivity contribution in [3.8, 4) is 17.1 Å². The molecule has 2 aromatic carbocycles. The molecule has 0 radical (unpaired) electrons. The maximum Gasteiger partial charge on any atom is 0.413 e. The second-order valence-electron chi connectivity index (χ2n) is 8.84. The monoisotopic (exact) mass is 552 g/mol. The van der Waals surface area contributed by atoms with Crippen molar-refractivity contribution in [2.45, 2.75) is 6.04 Å². The van der Waals surface area contributed by atoms with Gasteiger partial charge in [0.25, 0.3) is 5.91 Å². The number of anilines is 3. The fourth-order valence-electron chi connectivity index (χ4n) is 4.22. The van der Waals surface area contributed by atoms with E-state index >= 15 is 0 Å². The van der Waals surface area contributed by atoms with Gasteiger partial charge in [-0.2, -0.15) is 0 Å². The van der Waals surface area contributed by atoms with Gasteiger partial charge in [-0.1, -0.05) is 24.3 Å². The Balaban J connectivity index is 1.34. The highest BCUT2D eigenvalue weighted by Crippen LogP contribution is 2.27. The molecule has 0 bridgehead atoms. The van der Waals surface area contributed by atoms with E-state index in [0.29, 0.717) is 23.2 Å². The molecule has 4 N–H and O–H groups in total. The van der Waals surface area contributed by atoms with E-state index in [1.807, 2.05) is 53.4 Å². The number of carbonyl (C=O) groups excluding carboxylic acids is 2. The molecule has 0 spiro atoms. The molecule has 208 valence electrons.